The van der Waals surface area contributed by atoms with Crippen molar-refractivity contribution in [3.63, 3.8) is 0 Å². The number of fused-ring (bicyclic) bond motifs is 1. The van der Waals surface area contributed by atoms with E-state index < -0.39 is 17.2 Å². The van der Waals surface area contributed by atoms with Gasteiger partial charge in [-0.15, -0.1) is 0 Å². The number of carbonyl (C=O) groups is 1. The zero-order valence-corrected chi connectivity index (χ0v) is 18.8. The summed E-state index contributed by atoms with van der Waals surface area (Å²) in [6.07, 6.45) is 5.59. The van der Waals surface area contributed by atoms with Gasteiger partial charge in [-0.2, -0.15) is 0 Å². The number of benzene rings is 2. The second kappa shape index (κ2) is 10.2. The Labute approximate surface area is 187 Å². The summed E-state index contributed by atoms with van der Waals surface area (Å²) < 4.78 is 22.9. The molecule has 0 atom stereocenters. The maximum atomic E-state index is 12.9. The summed E-state index contributed by atoms with van der Waals surface area (Å²) in [5, 5.41) is 0.488. The van der Waals surface area contributed by atoms with E-state index in [0.717, 1.165) is 6.42 Å². The van der Waals surface area contributed by atoms with Gasteiger partial charge in [-0.25, -0.2) is 9.59 Å². The fraction of sp³-hybridized carbons (Fsp3) is 0.308. The lowest BCUT2D eigenvalue weighted by atomic mass is 10.1. The van der Waals surface area contributed by atoms with Crippen LogP contribution in [0.25, 0.3) is 11.0 Å². The Hall–Kier alpha value is -3.54. The molecule has 6 heteroatoms. The van der Waals surface area contributed by atoms with Crippen molar-refractivity contribution in [2.75, 3.05) is 6.61 Å². The molecule has 3 aromatic rings. The van der Waals surface area contributed by atoms with Crippen LogP contribution in [0.3, 0.4) is 0 Å². The third-order valence-corrected chi connectivity index (χ3v) is 4.36. The molecule has 0 bridgehead atoms. The highest BCUT2D eigenvalue weighted by Gasteiger charge is 2.24. The third kappa shape index (κ3) is 5.78. The lowest BCUT2D eigenvalue weighted by molar-refractivity contribution is 0.0721. The van der Waals surface area contributed by atoms with Gasteiger partial charge >= 0.3 is 11.6 Å². The Morgan fingerprint density at radius 3 is 2.44 bits per heavy atom. The highest BCUT2D eigenvalue weighted by Crippen LogP contribution is 2.38. The van der Waals surface area contributed by atoms with E-state index in [0.29, 0.717) is 29.7 Å². The number of esters is 1. The lowest BCUT2D eigenvalue weighted by Crippen LogP contribution is -2.23. The first-order valence-electron chi connectivity index (χ1n) is 10.6. The van der Waals surface area contributed by atoms with Crippen LogP contribution in [0.1, 0.15) is 50.9 Å². The van der Waals surface area contributed by atoms with E-state index >= 15 is 0 Å². The van der Waals surface area contributed by atoms with Crippen LogP contribution < -0.4 is 19.8 Å². The first-order chi connectivity index (χ1) is 15.3. The minimum absolute atomic E-state index is 0.157. The van der Waals surface area contributed by atoms with Crippen LogP contribution in [0.2, 0.25) is 0 Å². The van der Waals surface area contributed by atoms with Crippen molar-refractivity contribution in [3.05, 3.63) is 76.7 Å². The molecule has 0 saturated carbocycles. The van der Waals surface area contributed by atoms with Crippen LogP contribution in [0.15, 0.2) is 69.9 Å². The quantitative estimate of drug-likeness (QED) is 0.189. The van der Waals surface area contributed by atoms with Gasteiger partial charge in [0.1, 0.15) is 5.60 Å². The fourth-order valence-electron chi connectivity index (χ4n) is 3.03. The molecule has 0 unspecified atom stereocenters. The number of carbonyl (C=O) groups excluding carboxylic acids is 1. The van der Waals surface area contributed by atoms with E-state index in [-0.39, 0.29) is 17.1 Å². The average Bonchev–Trinajstić information content (AvgIpc) is 2.75. The summed E-state index contributed by atoms with van der Waals surface area (Å²) in [6, 6.07) is 13.7. The molecule has 168 valence electrons. The lowest BCUT2D eigenvalue weighted by Gasteiger charge is -2.22. The number of hydrogen-bond acceptors (Lipinski definition) is 6. The molecule has 2 aromatic carbocycles. The van der Waals surface area contributed by atoms with Gasteiger partial charge in [0.2, 0.25) is 0 Å². The van der Waals surface area contributed by atoms with Gasteiger partial charge in [-0.1, -0.05) is 43.3 Å². The highest BCUT2D eigenvalue weighted by atomic mass is 16.6. The molecule has 0 radical (unpaired) electrons. The molecule has 0 amide bonds. The van der Waals surface area contributed by atoms with Crippen LogP contribution >= 0.6 is 0 Å². The maximum absolute atomic E-state index is 12.9. The van der Waals surface area contributed by atoms with E-state index in [1.807, 2.05) is 39.8 Å². The first-order valence-corrected chi connectivity index (χ1v) is 10.6. The standard InChI is InChI=1S/C26H28O6/c1-5-6-7-11-17-29-22-19-15-12-16-20(32-26(2,3)4)21(19)30-25(28)23(22)31-24(27)18-13-9-8-10-14-18/h6-10,12-16H,5,11,17H2,1-4H3. The highest BCUT2D eigenvalue weighted by molar-refractivity contribution is 5.94. The fourth-order valence-corrected chi connectivity index (χ4v) is 3.03. The third-order valence-electron chi connectivity index (χ3n) is 4.36. The predicted molar refractivity (Wildman–Crippen MR) is 124 cm³/mol. The van der Waals surface area contributed by atoms with Gasteiger partial charge in [-0.3, -0.25) is 0 Å². The largest absolute Gasteiger partial charge is 0.488 e. The molecule has 0 aliphatic rings. The van der Waals surface area contributed by atoms with E-state index in [9.17, 15) is 9.59 Å². The molecule has 6 nitrogen and oxygen atoms in total. The molecule has 0 N–H and O–H groups in total. The number of ether oxygens (including phenoxy) is 3. The minimum atomic E-state index is -0.814. The molecule has 0 aliphatic carbocycles. The van der Waals surface area contributed by atoms with Crippen LogP contribution in [0.4, 0.5) is 0 Å². The molecule has 3 rings (SSSR count). The van der Waals surface area contributed by atoms with Crippen molar-refractivity contribution in [2.45, 2.75) is 46.1 Å². The normalized spacial score (nSPS) is 11.6. The maximum Gasteiger partial charge on any atom is 0.383 e. The predicted octanol–water partition coefficient (Wildman–Crippen LogP) is 5.92. The van der Waals surface area contributed by atoms with Gasteiger partial charge in [0, 0.05) is 0 Å². The molecular weight excluding hydrogens is 408 g/mol. The van der Waals surface area contributed by atoms with E-state index in [1.165, 1.54) is 0 Å². The summed E-state index contributed by atoms with van der Waals surface area (Å²) in [4.78, 5) is 25.5. The summed E-state index contributed by atoms with van der Waals surface area (Å²) in [7, 11) is 0. The zero-order chi connectivity index (χ0) is 23.1. The molecule has 32 heavy (non-hydrogen) atoms. The topological polar surface area (TPSA) is 75.0 Å². The van der Waals surface area contributed by atoms with Crippen molar-refractivity contribution >= 4 is 16.9 Å². The number of rotatable bonds is 8. The van der Waals surface area contributed by atoms with Crippen molar-refractivity contribution in [3.8, 4) is 17.2 Å². The number of para-hydroxylation sites is 1. The van der Waals surface area contributed by atoms with Crippen LogP contribution in [0.5, 0.6) is 17.2 Å². The summed E-state index contributed by atoms with van der Waals surface area (Å²) >= 11 is 0. The monoisotopic (exact) mass is 436 g/mol. The van der Waals surface area contributed by atoms with Gasteiger partial charge in [0.15, 0.2) is 17.1 Å². The first kappa shape index (κ1) is 23.1. The number of allylic oxidation sites excluding steroid dienone is 1. The van der Waals surface area contributed by atoms with E-state index in [2.05, 4.69) is 0 Å². The summed E-state index contributed by atoms with van der Waals surface area (Å²) in [5.74, 6) is -0.387. The van der Waals surface area contributed by atoms with Crippen LogP contribution in [-0.4, -0.2) is 18.2 Å². The summed E-state index contributed by atoms with van der Waals surface area (Å²) in [6.45, 7) is 8.05. The van der Waals surface area contributed by atoms with Crippen molar-refractivity contribution in [1.82, 2.24) is 0 Å². The smallest absolute Gasteiger partial charge is 0.383 e. The van der Waals surface area contributed by atoms with Gasteiger partial charge < -0.3 is 18.6 Å². The Bertz CT molecular complexity index is 1150. The summed E-state index contributed by atoms with van der Waals surface area (Å²) in [5.41, 5.74) is -0.761. The van der Waals surface area contributed by atoms with E-state index in [4.69, 9.17) is 18.6 Å². The van der Waals surface area contributed by atoms with Gasteiger partial charge in [-0.05, 0) is 57.9 Å². The Morgan fingerprint density at radius 1 is 1.00 bits per heavy atom. The van der Waals surface area contributed by atoms with Crippen molar-refractivity contribution < 1.29 is 23.4 Å². The van der Waals surface area contributed by atoms with Crippen LogP contribution in [-0.2, 0) is 0 Å². The molecular formula is C26H28O6. The molecule has 0 saturated heterocycles. The SMILES string of the molecule is CCC=CCCOc1c(OC(=O)c2ccccc2)c(=O)oc2c(OC(C)(C)C)cccc12. The van der Waals surface area contributed by atoms with Crippen LogP contribution in [0, 0.1) is 0 Å². The molecule has 0 aliphatic heterocycles. The second-order valence-corrected chi connectivity index (χ2v) is 8.17. The zero-order valence-electron chi connectivity index (χ0n) is 18.8. The Balaban J connectivity index is 2.07. The van der Waals surface area contributed by atoms with Gasteiger partial charge in [0.05, 0.1) is 17.6 Å². The second-order valence-electron chi connectivity index (χ2n) is 8.17. The van der Waals surface area contributed by atoms with Gasteiger partial charge in [0.25, 0.3) is 5.75 Å². The minimum Gasteiger partial charge on any atom is -0.488 e. The number of hydrogen-bond donors (Lipinski definition) is 0. The molecule has 0 spiro atoms. The average molecular weight is 437 g/mol. The van der Waals surface area contributed by atoms with E-state index in [1.54, 1.807) is 48.5 Å². The van der Waals surface area contributed by atoms with Crippen molar-refractivity contribution in [2.24, 2.45) is 0 Å². The van der Waals surface area contributed by atoms with Crippen molar-refractivity contribution in [1.29, 1.82) is 0 Å². The molecule has 1 aromatic heterocycles. The molecule has 1 heterocycles. The molecule has 0 fully saturated rings. The Kier molecular flexibility index (Phi) is 7.36. The Morgan fingerprint density at radius 2 is 1.75 bits per heavy atom.